The summed E-state index contributed by atoms with van der Waals surface area (Å²) in [7, 11) is 0. The molecule has 0 amide bonds. The molecule has 0 aliphatic carbocycles. The second-order valence-electron chi connectivity index (χ2n) is 14.4. The largest absolute Gasteiger partial charge is 0.454 e. The maximum Gasteiger partial charge on any atom is 0.164 e. The first-order chi connectivity index (χ1) is 28.3. The van der Waals surface area contributed by atoms with Crippen molar-refractivity contribution in [1.29, 1.82) is 0 Å². The Bertz CT molecular complexity index is 3400. The van der Waals surface area contributed by atoms with Crippen molar-refractivity contribution >= 4 is 65.6 Å². The van der Waals surface area contributed by atoms with E-state index in [0.29, 0.717) is 17.5 Å². The van der Waals surface area contributed by atoms with Gasteiger partial charge < -0.3 is 13.6 Å². The van der Waals surface area contributed by atoms with E-state index in [1.807, 2.05) is 60.7 Å². The normalized spacial score (nSPS) is 11.9. The van der Waals surface area contributed by atoms with E-state index in [1.165, 1.54) is 21.8 Å². The number of furan rings is 1. The lowest BCUT2D eigenvalue weighted by Crippen LogP contribution is -2.00. The first kappa shape index (κ1) is 31.5. The summed E-state index contributed by atoms with van der Waals surface area (Å²) in [6, 6.07) is 65.5. The highest BCUT2D eigenvalue weighted by Crippen LogP contribution is 2.42. The third kappa shape index (κ3) is 4.87. The molecule has 0 aliphatic heterocycles. The number of nitrogens with zero attached hydrogens (tertiary/aromatic N) is 5. The van der Waals surface area contributed by atoms with Gasteiger partial charge in [-0.05, 0) is 54.6 Å². The van der Waals surface area contributed by atoms with E-state index >= 15 is 0 Å². The van der Waals surface area contributed by atoms with Gasteiger partial charge in [-0.15, -0.1) is 0 Å². The fourth-order valence-electron chi connectivity index (χ4n) is 8.58. The lowest BCUT2D eigenvalue weighted by atomic mass is 10.1. The minimum Gasteiger partial charge on any atom is -0.454 e. The van der Waals surface area contributed by atoms with Crippen LogP contribution < -0.4 is 0 Å². The Labute approximate surface area is 326 Å². The fourth-order valence-corrected chi connectivity index (χ4v) is 8.58. The van der Waals surface area contributed by atoms with Gasteiger partial charge in [0.1, 0.15) is 5.58 Å². The van der Waals surface area contributed by atoms with Crippen LogP contribution in [0.4, 0.5) is 0 Å². The van der Waals surface area contributed by atoms with Gasteiger partial charge in [0, 0.05) is 60.4 Å². The zero-order valence-corrected chi connectivity index (χ0v) is 30.5. The average molecular weight is 730 g/mol. The standard InChI is InChI=1S/C51H31N5O/c1-4-14-32(15-5-1)49-52-50(33-16-6-2-7-17-33)54-51(53-49)34-24-26-39-40-27-28-41-42-31-36(55-43-22-12-10-20-37(43)38-21-11-13-23-44(38)55)25-29-46(42)57-48(41)47(40)56(45(39)30-34)35-18-8-3-9-19-35/h1-31H. The molecule has 0 N–H and O–H groups in total. The van der Waals surface area contributed by atoms with Crippen molar-refractivity contribution in [2.24, 2.45) is 0 Å². The van der Waals surface area contributed by atoms with Gasteiger partial charge in [0.25, 0.3) is 0 Å². The van der Waals surface area contributed by atoms with Crippen molar-refractivity contribution < 1.29 is 4.42 Å². The highest BCUT2D eigenvalue weighted by Gasteiger charge is 2.22. The first-order valence-electron chi connectivity index (χ1n) is 19.1. The Morgan fingerprint density at radius 2 is 0.860 bits per heavy atom. The van der Waals surface area contributed by atoms with Crippen LogP contribution >= 0.6 is 0 Å². The van der Waals surface area contributed by atoms with Crippen molar-refractivity contribution in [2.75, 3.05) is 0 Å². The first-order valence-corrected chi connectivity index (χ1v) is 19.1. The van der Waals surface area contributed by atoms with Crippen LogP contribution in [0.3, 0.4) is 0 Å². The molecule has 6 nitrogen and oxygen atoms in total. The van der Waals surface area contributed by atoms with Gasteiger partial charge in [-0.25, -0.2) is 15.0 Å². The number of hydrogen-bond acceptors (Lipinski definition) is 4. The van der Waals surface area contributed by atoms with E-state index in [1.54, 1.807) is 0 Å². The fraction of sp³-hybridized carbons (Fsp3) is 0. The third-order valence-corrected chi connectivity index (χ3v) is 11.2. The van der Waals surface area contributed by atoms with E-state index < -0.39 is 0 Å². The zero-order valence-electron chi connectivity index (χ0n) is 30.5. The van der Waals surface area contributed by atoms with Crippen LogP contribution in [0.2, 0.25) is 0 Å². The summed E-state index contributed by atoms with van der Waals surface area (Å²) in [6.45, 7) is 0. The predicted molar refractivity (Wildman–Crippen MR) is 232 cm³/mol. The summed E-state index contributed by atoms with van der Waals surface area (Å²) in [5, 5.41) is 6.85. The van der Waals surface area contributed by atoms with Crippen LogP contribution in [-0.4, -0.2) is 24.1 Å². The van der Waals surface area contributed by atoms with Gasteiger partial charge >= 0.3 is 0 Å². The van der Waals surface area contributed by atoms with E-state index in [-0.39, 0.29) is 0 Å². The van der Waals surface area contributed by atoms with Crippen LogP contribution in [0.15, 0.2) is 192 Å². The molecule has 4 aromatic heterocycles. The van der Waals surface area contributed by atoms with Gasteiger partial charge in [0.2, 0.25) is 0 Å². The number of benzene rings is 8. The predicted octanol–water partition coefficient (Wildman–Crippen LogP) is 13.0. The molecule has 0 spiro atoms. The van der Waals surface area contributed by atoms with Gasteiger partial charge in [-0.2, -0.15) is 0 Å². The second-order valence-corrected chi connectivity index (χ2v) is 14.4. The van der Waals surface area contributed by atoms with Crippen molar-refractivity contribution in [3.05, 3.63) is 188 Å². The summed E-state index contributed by atoms with van der Waals surface area (Å²) in [6.07, 6.45) is 0. The maximum absolute atomic E-state index is 6.89. The lowest BCUT2D eigenvalue weighted by molar-refractivity contribution is 0.671. The van der Waals surface area contributed by atoms with Crippen LogP contribution in [-0.2, 0) is 0 Å². The number of para-hydroxylation sites is 3. The smallest absolute Gasteiger partial charge is 0.164 e. The van der Waals surface area contributed by atoms with Crippen molar-refractivity contribution in [3.63, 3.8) is 0 Å². The quantitative estimate of drug-likeness (QED) is 0.177. The molecule has 8 aromatic carbocycles. The molecular formula is C51H31N5O. The number of hydrogen-bond donors (Lipinski definition) is 0. The highest BCUT2D eigenvalue weighted by atomic mass is 16.3. The molecule has 0 fully saturated rings. The second kappa shape index (κ2) is 12.3. The summed E-state index contributed by atoms with van der Waals surface area (Å²) < 4.78 is 11.6. The van der Waals surface area contributed by atoms with E-state index in [9.17, 15) is 0 Å². The molecule has 12 rings (SSSR count). The molecule has 0 aliphatic rings. The Morgan fingerprint density at radius 3 is 1.51 bits per heavy atom. The Hall–Kier alpha value is -7.83. The van der Waals surface area contributed by atoms with E-state index in [2.05, 4.69) is 137 Å². The van der Waals surface area contributed by atoms with Gasteiger partial charge in [-0.3, -0.25) is 0 Å². The highest BCUT2D eigenvalue weighted by molar-refractivity contribution is 6.22. The van der Waals surface area contributed by atoms with Crippen molar-refractivity contribution in [3.8, 4) is 45.5 Å². The molecular weight excluding hydrogens is 699 g/mol. The van der Waals surface area contributed by atoms with Crippen molar-refractivity contribution in [2.45, 2.75) is 0 Å². The van der Waals surface area contributed by atoms with Crippen LogP contribution in [0.5, 0.6) is 0 Å². The van der Waals surface area contributed by atoms with E-state index in [4.69, 9.17) is 19.4 Å². The Balaban J connectivity index is 1.10. The molecule has 57 heavy (non-hydrogen) atoms. The molecule has 0 bridgehead atoms. The zero-order chi connectivity index (χ0) is 37.5. The van der Waals surface area contributed by atoms with Gasteiger partial charge in [0.15, 0.2) is 23.1 Å². The van der Waals surface area contributed by atoms with Crippen LogP contribution in [0.25, 0.3) is 111 Å². The maximum atomic E-state index is 6.89. The molecule has 266 valence electrons. The number of fused-ring (bicyclic) bond motifs is 10. The molecule has 12 aromatic rings. The van der Waals surface area contributed by atoms with Gasteiger partial charge in [0.05, 0.1) is 22.1 Å². The van der Waals surface area contributed by atoms with E-state index in [0.717, 1.165) is 71.8 Å². The molecule has 0 saturated heterocycles. The Morgan fingerprint density at radius 1 is 0.333 bits per heavy atom. The number of rotatable bonds is 5. The molecule has 6 heteroatoms. The third-order valence-electron chi connectivity index (χ3n) is 11.2. The molecule has 0 radical (unpaired) electrons. The minimum absolute atomic E-state index is 0.612. The van der Waals surface area contributed by atoms with Crippen LogP contribution in [0, 0.1) is 0 Å². The summed E-state index contributed by atoms with van der Waals surface area (Å²) in [4.78, 5) is 15.0. The molecule has 0 saturated carbocycles. The van der Waals surface area contributed by atoms with Crippen molar-refractivity contribution in [1.82, 2.24) is 24.1 Å². The molecule has 0 unspecified atom stereocenters. The summed E-state index contributed by atoms with van der Waals surface area (Å²) in [5.74, 6) is 1.88. The summed E-state index contributed by atoms with van der Waals surface area (Å²) >= 11 is 0. The Kier molecular flexibility index (Phi) is 6.83. The monoisotopic (exact) mass is 729 g/mol. The van der Waals surface area contributed by atoms with Gasteiger partial charge in [-0.1, -0.05) is 133 Å². The minimum atomic E-state index is 0.612. The number of aromatic nitrogens is 5. The molecule has 0 atom stereocenters. The topological polar surface area (TPSA) is 61.7 Å². The lowest BCUT2D eigenvalue weighted by Gasteiger charge is -2.10. The molecule has 4 heterocycles. The summed E-state index contributed by atoms with van der Waals surface area (Å²) in [5.41, 5.74) is 11.0. The van der Waals surface area contributed by atoms with Crippen LogP contribution in [0.1, 0.15) is 0 Å². The SMILES string of the molecule is c1ccc(-c2nc(-c3ccccc3)nc(-c3ccc4c5ccc6c7cc(-n8c9ccccc9c9ccccc98)ccc7oc6c5n(-c5ccccc5)c4c3)n2)cc1. The average Bonchev–Trinajstić information content (AvgIpc) is 3.94.